The summed E-state index contributed by atoms with van der Waals surface area (Å²) in [4.78, 5) is 38.8. The number of pyridine rings is 1. The second-order valence-corrected chi connectivity index (χ2v) is 5.56. The highest BCUT2D eigenvalue weighted by molar-refractivity contribution is 5.75. The summed E-state index contributed by atoms with van der Waals surface area (Å²) >= 11 is 0. The normalized spacial score (nSPS) is 10.6. The molecule has 1 amide bonds. The Bertz CT molecular complexity index is 765. The molecule has 2 heterocycles. The Morgan fingerprint density at radius 1 is 1.28 bits per heavy atom. The number of ether oxygens (including phenoxy) is 1. The van der Waals surface area contributed by atoms with Crippen LogP contribution in [0.3, 0.4) is 0 Å². The standard InChI is InChI=1S/C16H23N5O4/c1-2-3-10-25-14-12(6-4-8-17-14)11-18-13(22)7-5-9-21-15(23)19-20-16(21)24/h4,6,8H,2-3,5,7,9-11H2,1H3,(H,18,22)(H,19,23)(H,20,24). The van der Waals surface area contributed by atoms with Gasteiger partial charge in [-0.15, -0.1) is 0 Å². The topological polar surface area (TPSA) is 122 Å². The van der Waals surface area contributed by atoms with Crippen LogP contribution in [-0.4, -0.2) is 32.3 Å². The van der Waals surface area contributed by atoms with E-state index in [-0.39, 0.29) is 18.9 Å². The number of hydrogen-bond acceptors (Lipinski definition) is 5. The van der Waals surface area contributed by atoms with Crippen molar-refractivity contribution in [2.24, 2.45) is 0 Å². The van der Waals surface area contributed by atoms with Crippen molar-refractivity contribution in [3.05, 3.63) is 44.9 Å². The first kappa shape index (κ1) is 18.5. The SMILES string of the molecule is CCCCOc1ncccc1CNC(=O)CCCn1c(=O)[nH][nH]c1=O. The zero-order valence-electron chi connectivity index (χ0n) is 14.2. The number of carbonyl (C=O) groups excluding carboxylic acids is 1. The van der Waals surface area contributed by atoms with Crippen LogP contribution in [0.2, 0.25) is 0 Å². The number of hydrogen-bond donors (Lipinski definition) is 3. The first-order chi connectivity index (χ1) is 12.1. The van der Waals surface area contributed by atoms with E-state index >= 15 is 0 Å². The molecule has 0 aliphatic rings. The van der Waals surface area contributed by atoms with Gasteiger partial charge in [0.1, 0.15) is 0 Å². The number of aromatic nitrogens is 4. The van der Waals surface area contributed by atoms with Crippen molar-refractivity contribution in [3.63, 3.8) is 0 Å². The third-order valence-corrected chi connectivity index (χ3v) is 3.61. The monoisotopic (exact) mass is 349 g/mol. The number of unbranched alkanes of at least 4 members (excludes halogenated alkanes) is 1. The van der Waals surface area contributed by atoms with E-state index in [0.717, 1.165) is 23.0 Å². The fraction of sp³-hybridized carbons (Fsp3) is 0.500. The predicted molar refractivity (Wildman–Crippen MR) is 91.4 cm³/mol. The Balaban J connectivity index is 1.78. The van der Waals surface area contributed by atoms with Gasteiger partial charge in [-0.2, -0.15) is 0 Å². The zero-order chi connectivity index (χ0) is 18.1. The second kappa shape index (κ2) is 9.45. The summed E-state index contributed by atoms with van der Waals surface area (Å²) < 4.78 is 6.65. The molecule has 3 N–H and O–H groups in total. The summed E-state index contributed by atoms with van der Waals surface area (Å²) in [6.07, 6.45) is 4.23. The maximum atomic E-state index is 11.9. The Kier molecular flexibility index (Phi) is 7.00. The van der Waals surface area contributed by atoms with E-state index in [1.165, 1.54) is 0 Å². The van der Waals surface area contributed by atoms with Gasteiger partial charge in [-0.05, 0) is 18.9 Å². The lowest BCUT2D eigenvalue weighted by Gasteiger charge is -2.10. The molecule has 0 radical (unpaired) electrons. The van der Waals surface area contributed by atoms with Gasteiger partial charge in [0, 0.05) is 31.3 Å². The first-order valence-electron chi connectivity index (χ1n) is 8.32. The number of nitrogens with one attached hydrogen (secondary N) is 3. The molecule has 0 aliphatic heterocycles. The maximum absolute atomic E-state index is 11.9. The summed E-state index contributed by atoms with van der Waals surface area (Å²) in [7, 11) is 0. The smallest absolute Gasteiger partial charge is 0.344 e. The van der Waals surface area contributed by atoms with E-state index < -0.39 is 11.4 Å². The molecular formula is C16H23N5O4. The molecule has 2 aromatic rings. The molecule has 0 aromatic carbocycles. The van der Waals surface area contributed by atoms with Crippen LogP contribution in [-0.2, 0) is 17.9 Å². The summed E-state index contributed by atoms with van der Waals surface area (Å²) in [5.41, 5.74) is -0.200. The summed E-state index contributed by atoms with van der Waals surface area (Å²) in [5, 5.41) is 7.19. The van der Waals surface area contributed by atoms with E-state index in [9.17, 15) is 14.4 Å². The molecule has 9 nitrogen and oxygen atoms in total. The quantitative estimate of drug-likeness (QED) is 0.540. The van der Waals surface area contributed by atoms with Crippen molar-refractivity contribution in [3.8, 4) is 5.88 Å². The number of rotatable bonds is 10. The number of nitrogens with zero attached hydrogens (tertiary/aromatic N) is 2. The van der Waals surface area contributed by atoms with E-state index in [1.807, 2.05) is 6.07 Å². The van der Waals surface area contributed by atoms with Crippen molar-refractivity contribution in [2.75, 3.05) is 6.61 Å². The Labute approximate surface area is 144 Å². The van der Waals surface area contributed by atoms with Crippen LogP contribution >= 0.6 is 0 Å². The van der Waals surface area contributed by atoms with Crippen LogP contribution in [0.1, 0.15) is 38.2 Å². The maximum Gasteiger partial charge on any atom is 0.344 e. The van der Waals surface area contributed by atoms with Crippen LogP contribution in [0.15, 0.2) is 27.9 Å². The lowest BCUT2D eigenvalue weighted by atomic mass is 10.2. The molecular weight excluding hydrogens is 326 g/mol. The first-order valence-corrected chi connectivity index (χ1v) is 8.32. The lowest BCUT2D eigenvalue weighted by Crippen LogP contribution is -2.28. The number of H-pyrrole nitrogens is 2. The lowest BCUT2D eigenvalue weighted by molar-refractivity contribution is -0.121. The van der Waals surface area contributed by atoms with Gasteiger partial charge in [-0.25, -0.2) is 29.3 Å². The van der Waals surface area contributed by atoms with E-state index in [0.29, 0.717) is 25.5 Å². The largest absolute Gasteiger partial charge is 0.477 e. The Morgan fingerprint density at radius 3 is 2.76 bits per heavy atom. The van der Waals surface area contributed by atoms with Crippen LogP contribution in [0, 0.1) is 0 Å². The van der Waals surface area contributed by atoms with Crippen LogP contribution < -0.4 is 21.4 Å². The highest BCUT2D eigenvalue weighted by Gasteiger charge is 2.08. The molecule has 0 atom stereocenters. The number of amides is 1. The van der Waals surface area contributed by atoms with Gasteiger partial charge in [0.25, 0.3) is 0 Å². The molecule has 0 bridgehead atoms. The molecule has 0 saturated carbocycles. The fourth-order valence-electron chi connectivity index (χ4n) is 2.22. The predicted octanol–water partition coefficient (Wildman–Crippen LogP) is 0.535. The van der Waals surface area contributed by atoms with Crippen LogP contribution in [0.5, 0.6) is 5.88 Å². The van der Waals surface area contributed by atoms with Crippen molar-refractivity contribution >= 4 is 5.91 Å². The third kappa shape index (κ3) is 5.63. The van der Waals surface area contributed by atoms with Crippen LogP contribution in [0.25, 0.3) is 0 Å². The fourth-order valence-corrected chi connectivity index (χ4v) is 2.22. The summed E-state index contributed by atoms with van der Waals surface area (Å²) in [6, 6.07) is 3.65. The zero-order valence-corrected chi connectivity index (χ0v) is 14.2. The Hall–Kier alpha value is -2.84. The minimum absolute atomic E-state index is 0.164. The van der Waals surface area contributed by atoms with Crippen molar-refractivity contribution < 1.29 is 9.53 Å². The highest BCUT2D eigenvalue weighted by atomic mass is 16.5. The molecule has 25 heavy (non-hydrogen) atoms. The molecule has 9 heteroatoms. The van der Waals surface area contributed by atoms with Gasteiger partial charge in [0.15, 0.2) is 0 Å². The van der Waals surface area contributed by atoms with Gasteiger partial charge in [0.05, 0.1) is 6.61 Å². The summed E-state index contributed by atoms with van der Waals surface area (Å²) in [6.45, 7) is 3.18. The van der Waals surface area contributed by atoms with E-state index in [2.05, 4.69) is 27.4 Å². The van der Waals surface area contributed by atoms with Crippen molar-refractivity contribution in [2.45, 2.75) is 45.7 Å². The molecule has 0 aliphatic carbocycles. The van der Waals surface area contributed by atoms with Crippen molar-refractivity contribution in [1.82, 2.24) is 25.1 Å². The molecule has 0 fully saturated rings. The summed E-state index contributed by atoms with van der Waals surface area (Å²) in [5.74, 6) is 0.366. The molecule has 0 unspecified atom stereocenters. The van der Waals surface area contributed by atoms with Crippen molar-refractivity contribution in [1.29, 1.82) is 0 Å². The highest BCUT2D eigenvalue weighted by Crippen LogP contribution is 2.14. The molecule has 0 spiro atoms. The minimum Gasteiger partial charge on any atom is -0.477 e. The minimum atomic E-state index is -0.505. The van der Waals surface area contributed by atoms with Gasteiger partial charge in [0.2, 0.25) is 11.8 Å². The van der Waals surface area contributed by atoms with Gasteiger partial charge in [-0.3, -0.25) is 4.79 Å². The Morgan fingerprint density at radius 2 is 2.04 bits per heavy atom. The molecule has 2 aromatic heterocycles. The van der Waals surface area contributed by atoms with E-state index in [4.69, 9.17) is 4.74 Å². The van der Waals surface area contributed by atoms with E-state index in [1.54, 1.807) is 12.3 Å². The second-order valence-electron chi connectivity index (χ2n) is 5.56. The number of aromatic amines is 2. The average Bonchev–Trinajstić information content (AvgIpc) is 2.93. The molecule has 0 saturated heterocycles. The number of carbonyl (C=O) groups is 1. The van der Waals surface area contributed by atoms with Gasteiger partial charge in [-0.1, -0.05) is 19.4 Å². The van der Waals surface area contributed by atoms with Gasteiger partial charge < -0.3 is 10.1 Å². The molecule has 136 valence electrons. The van der Waals surface area contributed by atoms with Gasteiger partial charge >= 0.3 is 11.4 Å². The average molecular weight is 349 g/mol. The molecule has 2 rings (SSSR count). The third-order valence-electron chi connectivity index (χ3n) is 3.61. The van der Waals surface area contributed by atoms with Crippen LogP contribution in [0.4, 0.5) is 0 Å².